The van der Waals surface area contributed by atoms with E-state index in [1.807, 2.05) is 19.9 Å². The predicted molar refractivity (Wildman–Crippen MR) is 163 cm³/mol. The summed E-state index contributed by atoms with van der Waals surface area (Å²) < 4.78 is 34.3. The highest BCUT2D eigenvalue weighted by Crippen LogP contribution is 2.43. The number of aryl methyl sites for hydroxylation is 6. The topological polar surface area (TPSA) is 53.1 Å². The molecule has 1 aliphatic carbocycles. The molecule has 4 rings (SSSR count). The molecule has 210 valence electrons. The summed E-state index contributed by atoms with van der Waals surface area (Å²) in [7, 11) is -0.435. The van der Waals surface area contributed by atoms with Gasteiger partial charge in [0.05, 0.1) is 11.0 Å². The lowest BCUT2D eigenvalue weighted by atomic mass is 10.0. The number of anilines is 2. The van der Waals surface area contributed by atoms with Crippen LogP contribution in [0.1, 0.15) is 53.6 Å². The maximum Gasteiger partial charge on any atom is 0.239 e. The van der Waals surface area contributed by atoms with Crippen LogP contribution in [0.3, 0.4) is 0 Å². The first-order valence-electron chi connectivity index (χ1n) is 13.7. The monoisotopic (exact) mass is 549 g/mol. The fraction of sp³-hybridized carbons (Fsp3) is 0.438. The Morgan fingerprint density at radius 1 is 0.769 bits per heavy atom. The number of nitrogens with zero attached hydrogens (tertiary/aromatic N) is 3. The van der Waals surface area contributed by atoms with Gasteiger partial charge in [-0.3, -0.25) is 0 Å². The van der Waals surface area contributed by atoms with Gasteiger partial charge in [0.15, 0.2) is 0 Å². The fourth-order valence-electron chi connectivity index (χ4n) is 6.07. The first kappa shape index (κ1) is 29.0. The molecule has 0 N–H and O–H groups in total. The van der Waals surface area contributed by atoms with Crippen molar-refractivity contribution in [1.29, 1.82) is 0 Å². The minimum absolute atomic E-state index is 0.0544. The van der Waals surface area contributed by atoms with Crippen molar-refractivity contribution in [2.45, 2.75) is 67.9 Å². The summed E-state index contributed by atoms with van der Waals surface area (Å²) in [5.74, 6) is 1.71. The van der Waals surface area contributed by atoms with Gasteiger partial charge in [-0.25, -0.2) is 12.7 Å². The SMILES string of the molecule is Cc1cc(C)c(N2CCN(c3c(C)cc(C)cc3C)C2=C2CC(S(=O)(=O)N(C)C)=CC=C2OC(C)C)c(C)c1. The van der Waals surface area contributed by atoms with Gasteiger partial charge in [-0.05, 0) is 89.8 Å². The molecule has 1 fully saturated rings. The highest BCUT2D eigenvalue weighted by atomic mass is 32.2. The lowest BCUT2D eigenvalue weighted by Gasteiger charge is -2.34. The first-order chi connectivity index (χ1) is 18.2. The van der Waals surface area contributed by atoms with Crippen molar-refractivity contribution in [3.63, 3.8) is 0 Å². The average Bonchev–Trinajstić information content (AvgIpc) is 3.21. The van der Waals surface area contributed by atoms with Gasteiger partial charge in [0.2, 0.25) is 10.0 Å². The third-order valence-electron chi connectivity index (χ3n) is 7.38. The number of hydrogen-bond acceptors (Lipinski definition) is 5. The molecular weight excluding hydrogens is 506 g/mol. The van der Waals surface area contributed by atoms with E-state index in [0.717, 1.165) is 30.2 Å². The molecule has 0 saturated carbocycles. The number of rotatable bonds is 6. The molecule has 0 atom stereocenters. The van der Waals surface area contributed by atoms with Crippen LogP contribution in [-0.4, -0.2) is 46.0 Å². The second-order valence-corrected chi connectivity index (χ2v) is 13.6. The van der Waals surface area contributed by atoms with Crippen LogP contribution in [0.25, 0.3) is 0 Å². The third kappa shape index (κ3) is 5.52. The van der Waals surface area contributed by atoms with E-state index in [-0.39, 0.29) is 12.5 Å². The molecule has 7 heteroatoms. The molecule has 6 nitrogen and oxygen atoms in total. The van der Waals surface area contributed by atoms with Crippen molar-refractivity contribution >= 4 is 21.4 Å². The van der Waals surface area contributed by atoms with Crippen LogP contribution in [0, 0.1) is 41.5 Å². The van der Waals surface area contributed by atoms with Crippen molar-refractivity contribution in [3.05, 3.63) is 91.9 Å². The van der Waals surface area contributed by atoms with Crippen molar-refractivity contribution in [2.24, 2.45) is 0 Å². The molecule has 0 spiro atoms. The Bertz CT molecular complexity index is 1380. The lowest BCUT2D eigenvalue weighted by Crippen LogP contribution is -2.30. The highest BCUT2D eigenvalue weighted by molar-refractivity contribution is 7.93. The Labute approximate surface area is 235 Å². The average molecular weight is 550 g/mol. The molecule has 2 aromatic carbocycles. The number of benzene rings is 2. The molecule has 0 unspecified atom stereocenters. The van der Waals surface area contributed by atoms with E-state index in [1.165, 1.54) is 49.1 Å². The van der Waals surface area contributed by atoms with Crippen molar-refractivity contribution < 1.29 is 13.2 Å². The highest BCUT2D eigenvalue weighted by Gasteiger charge is 2.37. The van der Waals surface area contributed by atoms with E-state index in [4.69, 9.17) is 4.74 Å². The molecule has 39 heavy (non-hydrogen) atoms. The van der Waals surface area contributed by atoms with Gasteiger partial charge in [0.25, 0.3) is 0 Å². The third-order valence-corrected chi connectivity index (χ3v) is 9.29. The van der Waals surface area contributed by atoms with Gasteiger partial charge in [-0.2, -0.15) is 0 Å². The molecule has 2 aliphatic rings. The van der Waals surface area contributed by atoms with Gasteiger partial charge in [0, 0.05) is 50.6 Å². The van der Waals surface area contributed by atoms with Gasteiger partial charge in [-0.15, -0.1) is 0 Å². The summed E-state index contributed by atoms with van der Waals surface area (Å²) in [5.41, 5.74) is 10.5. The van der Waals surface area contributed by atoms with Crippen LogP contribution in [0.4, 0.5) is 11.4 Å². The second kappa shape index (κ2) is 10.9. The van der Waals surface area contributed by atoms with Gasteiger partial charge in [0.1, 0.15) is 11.6 Å². The molecule has 0 aromatic heterocycles. The zero-order valence-corrected chi connectivity index (χ0v) is 26.0. The maximum atomic E-state index is 13.3. The smallest absolute Gasteiger partial charge is 0.239 e. The number of hydrogen-bond donors (Lipinski definition) is 0. The van der Waals surface area contributed by atoms with Crippen LogP contribution in [-0.2, 0) is 14.8 Å². The molecular formula is C32H43N3O3S. The second-order valence-electron chi connectivity index (χ2n) is 11.4. The van der Waals surface area contributed by atoms with Crippen LogP contribution in [0.5, 0.6) is 0 Å². The first-order valence-corrected chi connectivity index (χ1v) is 15.1. The van der Waals surface area contributed by atoms with Gasteiger partial charge >= 0.3 is 0 Å². The summed E-state index contributed by atoms with van der Waals surface area (Å²) in [5, 5.41) is 0. The summed E-state index contributed by atoms with van der Waals surface area (Å²) in [4.78, 5) is 5.12. The van der Waals surface area contributed by atoms with E-state index in [2.05, 4.69) is 75.6 Å². The Morgan fingerprint density at radius 2 is 1.21 bits per heavy atom. The van der Waals surface area contributed by atoms with Gasteiger partial charge in [-0.1, -0.05) is 35.4 Å². The Morgan fingerprint density at radius 3 is 1.59 bits per heavy atom. The van der Waals surface area contributed by atoms with E-state index in [1.54, 1.807) is 20.2 Å². The van der Waals surface area contributed by atoms with Gasteiger partial charge < -0.3 is 14.5 Å². The van der Waals surface area contributed by atoms with Crippen molar-refractivity contribution in [3.8, 4) is 0 Å². The Hall–Kier alpha value is -3.03. The van der Waals surface area contributed by atoms with E-state index in [9.17, 15) is 8.42 Å². The molecule has 0 radical (unpaired) electrons. The zero-order chi connectivity index (χ0) is 28.8. The lowest BCUT2D eigenvalue weighted by molar-refractivity contribution is 0.152. The van der Waals surface area contributed by atoms with Crippen molar-refractivity contribution in [2.75, 3.05) is 37.0 Å². The van der Waals surface area contributed by atoms with E-state index >= 15 is 0 Å². The van der Waals surface area contributed by atoms with Crippen LogP contribution in [0.15, 0.2) is 58.5 Å². The summed E-state index contributed by atoms with van der Waals surface area (Å²) in [6.45, 7) is 18.5. The molecule has 2 aromatic rings. The largest absolute Gasteiger partial charge is 0.491 e. The zero-order valence-electron chi connectivity index (χ0n) is 25.1. The summed E-state index contributed by atoms with van der Waals surface area (Å²) in [6, 6.07) is 8.89. The Balaban J connectivity index is 2.04. The number of ether oxygens (including phenoxy) is 1. The van der Waals surface area contributed by atoms with E-state index < -0.39 is 10.0 Å². The minimum atomic E-state index is -3.60. The summed E-state index contributed by atoms with van der Waals surface area (Å²) in [6.07, 6.45) is 3.74. The standard InChI is InChI=1S/C32H43N3O3S/c1-20(2)38-29-12-11-27(39(36,37)33(9)10)19-28(29)32-34(30-23(5)15-21(3)16-24(30)6)13-14-35(32)31-25(7)17-22(4)18-26(31)8/h11-12,15-18,20H,13-14,19H2,1-10H3. The number of allylic oxidation sites excluding steroid dienone is 4. The van der Waals surface area contributed by atoms with Crippen molar-refractivity contribution in [1.82, 2.24) is 4.31 Å². The summed E-state index contributed by atoms with van der Waals surface area (Å²) >= 11 is 0. The number of sulfonamides is 1. The molecule has 1 saturated heterocycles. The van der Waals surface area contributed by atoms with Crippen LogP contribution < -0.4 is 9.80 Å². The molecule has 0 amide bonds. The van der Waals surface area contributed by atoms with Crippen LogP contribution in [0.2, 0.25) is 0 Å². The molecule has 1 heterocycles. The molecule has 0 bridgehead atoms. The minimum Gasteiger partial charge on any atom is -0.491 e. The molecule has 1 aliphatic heterocycles. The van der Waals surface area contributed by atoms with Crippen LogP contribution >= 0.6 is 0 Å². The normalized spacial score (nSPS) is 16.4. The van der Waals surface area contributed by atoms with E-state index in [0.29, 0.717) is 4.91 Å². The predicted octanol–water partition coefficient (Wildman–Crippen LogP) is 6.56. The quantitative estimate of drug-likeness (QED) is 0.408. The Kier molecular flexibility index (Phi) is 8.06. The fourth-order valence-corrected chi connectivity index (χ4v) is 7.11. The maximum absolute atomic E-state index is 13.3.